The molecule has 1 aliphatic heterocycles. The SMILES string of the molecule is Cc1nc(-c2ccc(Cl)c(S(=O)(=O)N3CCCC(C(=O)NCc4ccc(F)cc4)C3)c2)no1. The number of nitrogens with zero attached hydrogens (tertiary/aromatic N) is 3. The van der Waals surface area contributed by atoms with Crippen molar-refractivity contribution in [2.45, 2.75) is 31.2 Å². The quantitative estimate of drug-likeness (QED) is 0.564. The van der Waals surface area contributed by atoms with Gasteiger partial charge in [-0.15, -0.1) is 0 Å². The molecule has 2 heterocycles. The number of hydrogen-bond acceptors (Lipinski definition) is 6. The van der Waals surface area contributed by atoms with Crippen LogP contribution in [0.5, 0.6) is 0 Å². The molecule has 8 nitrogen and oxygen atoms in total. The van der Waals surface area contributed by atoms with Crippen LogP contribution in [0, 0.1) is 18.7 Å². The standard InChI is InChI=1S/C22H22ClFN4O4S/c1-14-26-21(27-32-14)16-6-9-19(23)20(11-16)33(30,31)28-10-2-3-17(13-28)22(29)25-12-15-4-7-18(24)8-5-15/h4-9,11,17H,2-3,10,12-13H2,1H3,(H,25,29). The minimum Gasteiger partial charge on any atom is -0.352 e. The molecule has 1 atom stereocenters. The van der Waals surface area contributed by atoms with Gasteiger partial charge in [0, 0.05) is 32.1 Å². The third kappa shape index (κ3) is 5.23. The summed E-state index contributed by atoms with van der Waals surface area (Å²) in [5.41, 5.74) is 1.21. The van der Waals surface area contributed by atoms with E-state index in [-0.39, 0.29) is 47.1 Å². The Labute approximate surface area is 195 Å². The van der Waals surface area contributed by atoms with Crippen LogP contribution >= 0.6 is 11.6 Å². The molecule has 1 unspecified atom stereocenters. The maximum atomic E-state index is 13.4. The van der Waals surface area contributed by atoms with Crippen LogP contribution in [0.3, 0.4) is 0 Å². The number of nitrogens with one attached hydrogen (secondary N) is 1. The molecule has 2 aromatic carbocycles. The zero-order valence-electron chi connectivity index (χ0n) is 17.8. The molecule has 174 valence electrons. The highest BCUT2D eigenvalue weighted by Crippen LogP contribution is 2.31. The Morgan fingerprint density at radius 3 is 2.73 bits per heavy atom. The molecule has 3 aromatic rings. The van der Waals surface area contributed by atoms with Crippen molar-refractivity contribution < 1.29 is 22.1 Å². The highest BCUT2D eigenvalue weighted by Gasteiger charge is 2.34. The van der Waals surface area contributed by atoms with E-state index in [1.165, 1.54) is 28.6 Å². The van der Waals surface area contributed by atoms with Crippen molar-refractivity contribution in [2.24, 2.45) is 5.92 Å². The van der Waals surface area contributed by atoms with Crippen LogP contribution in [-0.4, -0.2) is 41.9 Å². The summed E-state index contributed by atoms with van der Waals surface area (Å²) in [4.78, 5) is 16.8. The number of rotatable bonds is 6. The summed E-state index contributed by atoms with van der Waals surface area (Å²) in [6.45, 7) is 2.20. The number of carbonyl (C=O) groups is 1. The number of benzene rings is 2. The topological polar surface area (TPSA) is 105 Å². The number of carbonyl (C=O) groups excluding carboxylic acids is 1. The lowest BCUT2D eigenvalue weighted by molar-refractivity contribution is -0.126. The second-order valence-electron chi connectivity index (χ2n) is 7.83. The molecule has 0 saturated carbocycles. The first-order chi connectivity index (χ1) is 15.7. The lowest BCUT2D eigenvalue weighted by atomic mass is 9.99. The second-order valence-corrected chi connectivity index (χ2v) is 10.1. The van der Waals surface area contributed by atoms with E-state index in [9.17, 15) is 17.6 Å². The molecule has 1 amide bonds. The summed E-state index contributed by atoms with van der Waals surface area (Å²) in [5.74, 6) is -0.486. The fourth-order valence-corrected chi connectivity index (χ4v) is 5.73. The van der Waals surface area contributed by atoms with Gasteiger partial charge in [-0.1, -0.05) is 28.9 Å². The number of aryl methyl sites for hydroxylation is 1. The lowest BCUT2D eigenvalue weighted by Gasteiger charge is -2.31. The first-order valence-electron chi connectivity index (χ1n) is 10.4. The molecule has 0 bridgehead atoms. The van der Waals surface area contributed by atoms with E-state index >= 15 is 0 Å². The molecular formula is C22H22ClFN4O4S. The van der Waals surface area contributed by atoms with E-state index in [2.05, 4.69) is 15.5 Å². The summed E-state index contributed by atoms with van der Waals surface area (Å²) >= 11 is 6.24. The van der Waals surface area contributed by atoms with Crippen LogP contribution in [0.1, 0.15) is 24.3 Å². The largest absolute Gasteiger partial charge is 0.352 e. The van der Waals surface area contributed by atoms with Crippen molar-refractivity contribution in [2.75, 3.05) is 13.1 Å². The summed E-state index contributed by atoms with van der Waals surface area (Å²) in [6.07, 6.45) is 1.10. The Bertz CT molecular complexity index is 1260. The maximum Gasteiger partial charge on any atom is 0.244 e. The van der Waals surface area contributed by atoms with Gasteiger partial charge >= 0.3 is 0 Å². The summed E-state index contributed by atoms with van der Waals surface area (Å²) in [7, 11) is -3.96. The average Bonchev–Trinajstić information content (AvgIpc) is 3.25. The van der Waals surface area contributed by atoms with Gasteiger partial charge in [0.15, 0.2) is 0 Å². The smallest absolute Gasteiger partial charge is 0.244 e. The van der Waals surface area contributed by atoms with Gasteiger partial charge in [0.1, 0.15) is 10.7 Å². The third-order valence-corrected chi connectivity index (χ3v) is 7.82. The van der Waals surface area contributed by atoms with E-state index < -0.39 is 15.9 Å². The van der Waals surface area contributed by atoms with Gasteiger partial charge in [-0.25, -0.2) is 12.8 Å². The molecule has 33 heavy (non-hydrogen) atoms. The van der Waals surface area contributed by atoms with E-state index in [0.29, 0.717) is 24.3 Å². The predicted octanol–water partition coefficient (Wildman–Crippen LogP) is 3.55. The average molecular weight is 493 g/mol. The van der Waals surface area contributed by atoms with Gasteiger partial charge in [-0.2, -0.15) is 9.29 Å². The lowest BCUT2D eigenvalue weighted by Crippen LogP contribution is -2.45. The van der Waals surface area contributed by atoms with Gasteiger partial charge in [-0.05, 0) is 48.7 Å². The number of piperidine rings is 1. The summed E-state index contributed by atoms with van der Waals surface area (Å²) in [6, 6.07) is 10.3. The monoisotopic (exact) mass is 492 g/mol. The number of halogens is 2. The van der Waals surface area contributed by atoms with Crippen LogP contribution in [0.4, 0.5) is 4.39 Å². The molecule has 0 radical (unpaired) electrons. The van der Waals surface area contributed by atoms with Crippen molar-refractivity contribution >= 4 is 27.5 Å². The van der Waals surface area contributed by atoms with Crippen LogP contribution in [-0.2, 0) is 21.4 Å². The predicted molar refractivity (Wildman–Crippen MR) is 119 cm³/mol. The molecule has 4 rings (SSSR count). The summed E-state index contributed by atoms with van der Waals surface area (Å²) in [5, 5.41) is 6.71. The minimum atomic E-state index is -3.96. The molecule has 1 fully saturated rings. The van der Waals surface area contributed by atoms with E-state index in [4.69, 9.17) is 16.1 Å². The molecule has 0 aliphatic carbocycles. The fourth-order valence-electron chi connectivity index (χ4n) is 3.71. The Hall–Kier alpha value is -2.82. The van der Waals surface area contributed by atoms with E-state index in [1.54, 1.807) is 25.1 Å². The Balaban J connectivity index is 1.49. The Morgan fingerprint density at radius 2 is 2.03 bits per heavy atom. The van der Waals surface area contributed by atoms with Crippen molar-refractivity contribution in [3.63, 3.8) is 0 Å². The molecule has 1 aliphatic rings. The van der Waals surface area contributed by atoms with Crippen LogP contribution < -0.4 is 5.32 Å². The van der Waals surface area contributed by atoms with Crippen LogP contribution in [0.25, 0.3) is 11.4 Å². The number of sulfonamides is 1. The van der Waals surface area contributed by atoms with Crippen molar-refractivity contribution in [3.05, 3.63) is 64.8 Å². The second kappa shape index (κ2) is 9.58. The molecular weight excluding hydrogens is 471 g/mol. The maximum absolute atomic E-state index is 13.4. The summed E-state index contributed by atoms with van der Waals surface area (Å²) < 4.78 is 46.1. The Kier molecular flexibility index (Phi) is 6.78. The van der Waals surface area contributed by atoms with E-state index in [0.717, 1.165) is 5.56 Å². The molecule has 0 spiro atoms. The van der Waals surface area contributed by atoms with Crippen molar-refractivity contribution in [3.8, 4) is 11.4 Å². The molecule has 1 N–H and O–H groups in total. The van der Waals surface area contributed by atoms with Crippen LogP contribution in [0.15, 0.2) is 51.9 Å². The Morgan fingerprint density at radius 1 is 1.27 bits per heavy atom. The van der Waals surface area contributed by atoms with Gasteiger partial charge in [0.25, 0.3) is 0 Å². The first kappa shape index (κ1) is 23.3. The third-order valence-electron chi connectivity index (χ3n) is 5.47. The van der Waals surface area contributed by atoms with Gasteiger partial charge < -0.3 is 9.84 Å². The zero-order chi connectivity index (χ0) is 23.6. The minimum absolute atomic E-state index is 0.0411. The number of amides is 1. The van der Waals surface area contributed by atoms with Crippen molar-refractivity contribution in [1.82, 2.24) is 19.8 Å². The molecule has 11 heteroatoms. The number of aromatic nitrogens is 2. The van der Waals surface area contributed by atoms with Gasteiger partial charge in [-0.3, -0.25) is 4.79 Å². The van der Waals surface area contributed by atoms with Crippen LogP contribution in [0.2, 0.25) is 5.02 Å². The van der Waals surface area contributed by atoms with Gasteiger partial charge in [0.2, 0.25) is 27.6 Å². The first-order valence-corrected chi connectivity index (χ1v) is 12.2. The highest BCUT2D eigenvalue weighted by atomic mass is 35.5. The number of hydrogen-bond donors (Lipinski definition) is 1. The molecule has 1 aromatic heterocycles. The zero-order valence-corrected chi connectivity index (χ0v) is 19.4. The van der Waals surface area contributed by atoms with Crippen molar-refractivity contribution in [1.29, 1.82) is 0 Å². The van der Waals surface area contributed by atoms with E-state index in [1.807, 2.05) is 0 Å². The molecule has 1 saturated heterocycles. The van der Waals surface area contributed by atoms with Gasteiger partial charge in [0.05, 0.1) is 10.9 Å². The fraction of sp³-hybridized carbons (Fsp3) is 0.318. The highest BCUT2D eigenvalue weighted by molar-refractivity contribution is 7.89. The normalized spacial score (nSPS) is 17.1.